The van der Waals surface area contributed by atoms with Gasteiger partial charge in [0.05, 0.1) is 11.1 Å². The predicted molar refractivity (Wildman–Crippen MR) is 45.4 cm³/mol. The zero-order chi connectivity index (χ0) is 11.6. The molecule has 0 atom stereocenters. The zero-order valence-corrected chi connectivity index (χ0v) is 7.35. The summed E-state index contributed by atoms with van der Waals surface area (Å²) >= 11 is 0. The first-order valence-corrected chi connectivity index (χ1v) is 3.82. The van der Waals surface area contributed by atoms with Gasteiger partial charge in [0.25, 0.3) is 6.43 Å². The van der Waals surface area contributed by atoms with Crippen LogP contribution in [0.1, 0.15) is 17.6 Å². The van der Waals surface area contributed by atoms with Gasteiger partial charge < -0.3 is 21.0 Å². The Labute approximate surface area is 82.5 Å². The van der Waals surface area contributed by atoms with Crippen molar-refractivity contribution in [2.45, 2.75) is 13.0 Å². The molecule has 0 saturated carbocycles. The molecule has 6 nitrogen and oxygen atoms in total. The Morgan fingerprint density at radius 2 is 2.27 bits per heavy atom. The third-order valence-corrected chi connectivity index (χ3v) is 1.78. The van der Waals surface area contributed by atoms with E-state index in [9.17, 15) is 18.9 Å². The van der Waals surface area contributed by atoms with Gasteiger partial charge in [-0.25, -0.2) is 8.78 Å². The van der Waals surface area contributed by atoms with Crippen molar-refractivity contribution < 1.29 is 18.8 Å². The van der Waals surface area contributed by atoms with Gasteiger partial charge in [-0.05, 0) is 9.91 Å². The molecule has 0 aliphatic heterocycles. The molecule has 15 heavy (non-hydrogen) atoms. The lowest BCUT2D eigenvalue weighted by Gasteiger charge is -2.07. The van der Waals surface area contributed by atoms with Gasteiger partial charge in [0, 0.05) is 6.54 Å². The van der Waals surface area contributed by atoms with Crippen LogP contribution in [0.2, 0.25) is 0 Å². The number of nitrogens with two attached hydrogens (primary N) is 1. The molecule has 1 aromatic heterocycles. The van der Waals surface area contributed by atoms with Gasteiger partial charge in [-0.2, -0.15) is 0 Å². The molecular weight excluding hydrogens is 212 g/mol. The monoisotopic (exact) mass is 219 g/mol. The smallest absolute Gasteiger partial charge is 0.368 e. The predicted octanol–water partition coefficient (Wildman–Crippen LogP) is 1.09. The minimum absolute atomic E-state index is 0.449. The Balaban J connectivity index is 3.47. The summed E-state index contributed by atoms with van der Waals surface area (Å²) in [6.45, 7) is -0.489. The normalized spacial score (nSPS) is 10.7. The van der Waals surface area contributed by atoms with Gasteiger partial charge in [0.2, 0.25) is 0 Å². The molecule has 3 N–H and O–H groups in total. The number of rotatable bonds is 3. The van der Waals surface area contributed by atoms with Crippen LogP contribution in [0.4, 0.5) is 14.6 Å². The molecular formula is C7H7F2N3O3. The Morgan fingerprint density at radius 3 is 2.67 bits per heavy atom. The molecule has 0 unspecified atom stereocenters. The van der Waals surface area contributed by atoms with Crippen molar-refractivity contribution in [3.63, 3.8) is 0 Å². The van der Waals surface area contributed by atoms with Gasteiger partial charge in [-0.3, -0.25) is 0 Å². The van der Waals surface area contributed by atoms with E-state index in [0.717, 1.165) is 0 Å². The fourth-order valence-corrected chi connectivity index (χ4v) is 1.15. The molecule has 1 rings (SSSR count). The zero-order valence-electron chi connectivity index (χ0n) is 7.35. The van der Waals surface area contributed by atoms with E-state index in [2.05, 4.69) is 4.98 Å². The molecule has 8 heteroatoms. The van der Waals surface area contributed by atoms with Crippen LogP contribution in [0.25, 0.3) is 0 Å². The van der Waals surface area contributed by atoms with Gasteiger partial charge in [0.15, 0.2) is 11.9 Å². The average molecular weight is 219 g/mol. The quantitative estimate of drug-likeness (QED) is 0.585. The van der Waals surface area contributed by atoms with Crippen LogP contribution in [-0.4, -0.2) is 15.0 Å². The topological polar surface area (TPSA) is 102 Å². The summed E-state index contributed by atoms with van der Waals surface area (Å²) in [6.07, 6.45) is -2.43. The molecule has 0 bridgehead atoms. The first-order valence-electron chi connectivity index (χ1n) is 3.82. The number of pyridine rings is 1. The second kappa shape index (κ2) is 4.13. The maximum atomic E-state index is 12.5. The van der Waals surface area contributed by atoms with Crippen LogP contribution >= 0.6 is 0 Å². The SMILES string of the molecule is NCc1c([N+](=O)[O-])ncc(O)c1C(F)F. The van der Waals surface area contributed by atoms with Crippen molar-refractivity contribution in [1.82, 2.24) is 4.98 Å². The van der Waals surface area contributed by atoms with E-state index in [1.165, 1.54) is 0 Å². The summed E-state index contributed by atoms with van der Waals surface area (Å²) in [7, 11) is 0. The first-order chi connectivity index (χ1) is 6.99. The van der Waals surface area contributed by atoms with Gasteiger partial charge in [0.1, 0.15) is 0 Å². The third kappa shape index (κ3) is 1.99. The van der Waals surface area contributed by atoms with E-state index < -0.39 is 40.6 Å². The Bertz CT molecular complexity index is 397. The molecule has 1 heterocycles. The number of aromatic hydroxyl groups is 1. The summed E-state index contributed by atoms with van der Waals surface area (Å²) in [4.78, 5) is 12.7. The summed E-state index contributed by atoms with van der Waals surface area (Å²) in [5.41, 5.74) is 3.82. The Kier molecular flexibility index (Phi) is 3.10. The standard InChI is InChI=1S/C7H7F2N3O3/c8-6(9)5-3(1-10)7(12(14)15)11-2-4(5)13/h2,6,13H,1,10H2. The largest absolute Gasteiger partial charge is 0.504 e. The molecule has 0 aliphatic carbocycles. The summed E-state index contributed by atoms with van der Waals surface area (Å²) in [5, 5.41) is 19.5. The molecule has 0 fully saturated rings. The second-order valence-corrected chi connectivity index (χ2v) is 2.62. The lowest BCUT2D eigenvalue weighted by atomic mass is 10.1. The molecule has 0 amide bonds. The van der Waals surface area contributed by atoms with Crippen LogP contribution in [0, 0.1) is 10.1 Å². The van der Waals surface area contributed by atoms with E-state index in [1.54, 1.807) is 0 Å². The highest BCUT2D eigenvalue weighted by atomic mass is 19.3. The molecule has 82 valence electrons. The number of aromatic nitrogens is 1. The molecule has 0 aromatic carbocycles. The minimum Gasteiger partial charge on any atom is -0.504 e. The van der Waals surface area contributed by atoms with Crippen molar-refractivity contribution in [3.05, 3.63) is 27.4 Å². The lowest BCUT2D eigenvalue weighted by molar-refractivity contribution is -0.390. The number of hydrogen-bond donors (Lipinski definition) is 2. The molecule has 0 spiro atoms. The van der Waals surface area contributed by atoms with Crippen molar-refractivity contribution in [3.8, 4) is 5.75 Å². The van der Waals surface area contributed by atoms with Crippen LogP contribution in [0.5, 0.6) is 5.75 Å². The van der Waals surface area contributed by atoms with E-state index in [4.69, 9.17) is 10.8 Å². The van der Waals surface area contributed by atoms with Crippen LogP contribution in [0.15, 0.2) is 6.20 Å². The maximum Gasteiger partial charge on any atom is 0.368 e. The van der Waals surface area contributed by atoms with Crippen molar-refractivity contribution in [1.29, 1.82) is 0 Å². The number of alkyl halides is 2. The highest BCUT2D eigenvalue weighted by Crippen LogP contribution is 2.34. The maximum absolute atomic E-state index is 12.5. The first kappa shape index (κ1) is 11.2. The summed E-state index contributed by atoms with van der Waals surface area (Å²) < 4.78 is 24.9. The summed E-state index contributed by atoms with van der Waals surface area (Å²) in [5.74, 6) is -1.55. The fraction of sp³-hybridized carbons (Fsp3) is 0.286. The number of nitro groups is 1. The van der Waals surface area contributed by atoms with E-state index in [1.807, 2.05) is 0 Å². The highest BCUT2D eigenvalue weighted by molar-refractivity contribution is 5.47. The summed E-state index contributed by atoms with van der Waals surface area (Å²) in [6, 6.07) is 0. The van der Waals surface area contributed by atoms with Crippen LogP contribution in [-0.2, 0) is 6.54 Å². The van der Waals surface area contributed by atoms with Crippen LogP contribution in [0.3, 0.4) is 0 Å². The van der Waals surface area contributed by atoms with Gasteiger partial charge in [-0.1, -0.05) is 0 Å². The van der Waals surface area contributed by atoms with E-state index in [0.29, 0.717) is 6.20 Å². The fourth-order valence-electron chi connectivity index (χ4n) is 1.15. The third-order valence-electron chi connectivity index (χ3n) is 1.78. The average Bonchev–Trinajstić information content (AvgIpc) is 2.15. The number of halogens is 2. The highest BCUT2D eigenvalue weighted by Gasteiger charge is 2.27. The minimum atomic E-state index is -3.04. The number of hydrogen-bond acceptors (Lipinski definition) is 5. The van der Waals surface area contributed by atoms with Crippen LogP contribution < -0.4 is 5.73 Å². The molecule has 1 aromatic rings. The van der Waals surface area contributed by atoms with Crippen molar-refractivity contribution in [2.75, 3.05) is 0 Å². The molecule has 0 saturated heterocycles. The van der Waals surface area contributed by atoms with E-state index in [-0.39, 0.29) is 0 Å². The Hall–Kier alpha value is -1.83. The van der Waals surface area contributed by atoms with Gasteiger partial charge >= 0.3 is 5.82 Å². The second-order valence-electron chi connectivity index (χ2n) is 2.62. The molecule has 0 aliphatic rings. The Morgan fingerprint density at radius 1 is 1.67 bits per heavy atom. The number of nitrogens with zero attached hydrogens (tertiary/aromatic N) is 2. The van der Waals surface area contributed by atoms with Crippen molar-refractivity contribution >= 4 is 5.82 Å². The van der Waals surface area contributed by atoms with E-state index >= 15 is 0 Å². The molecule has 0 radical (unpaired) electrons. The lowest BCUT2D eigenvalue weighted by Crippen LogP contribution is -2.08. The van der Waals surface area contributed by atoms with Gasteiger partial charge in [-0.15, -0.1) is 0 Å². The van der Waals surface area contributed by atoms with Crippen molar-refractivity contribution in [2.24, 2.45) is 5.73 Å².